The largest absolute Gasteiger partial charge is 0.393 e. The van der Waals surface area contributed by atoms with Gasteiger partial charge in [-0.05, 0) is 49.2 Å². The SMILES string of the molecule is CN(C(=O)c1ccc(NC(=O)c2ccc(N)c([N+](=O)[O-])c2)cc1)C1CCCCC1. The molecule has 8 heteroatoms. The van der Waals surface area contributed by atoms with Crippen LogP contribution in [0, 0.1) is 10.1 Å². The molecule has 0 heterocycles. The summed E-state index contributed by atoms with van der Waals surface area (Å²) < 4.78 is 0. The molecule has 0 unspecified atom stereocenters. The van der Waals surface area contributed by atoms with Crippen molar-refractivity contribution in [1.82, 2.24) is 4.90 Å². The molecule has 2 aromatic rings. The molecule has 3 N–H and O–H groups in total. The van der Waals surface area contributed by atoms with E-state index in [1.165, 1.54) is 18.6 Å². The monoisotopic (exact) mass is 396 g/mol. The molecule has 0 saturated heterocycles. The normalized spacial score (nSPS) is 14.2. The van der Waals surface area contributed by atoms with Gasteiger partial charge >= 0.3 is 0 Å². The Kier molecular flexibility index (Phi) is 6.11. The minimum Gasteiger partial charge on any atom is -0.393 e. The maximum Gasteiger partial charge on any atom is 0.292 e. The fourth-order valence-electron chi connectivity index (χ4n) is 3.58. The Hall–Kier alpha value is -3.42. The second-order valence-electron chi connectivity index (χ2n) is 7.27. The summed E-state index contributed by atoms with van der Waals surface area (Å²) in [4.78, 5) is 37.2. The van der Waals surface area contributed by atoms with Crippen molar-refractivity contribution in [3.63, 3.8) is 0 Å². The number of hydrogen-bond acceptors (Lipinski definition) is 5. The Labute approximate surface area is 168 Å². The van der Waals surface area contributed by atoms with Crippen LogP contribution in [0.1, 0.15) is 52.8 Å². The van der Waals surface area contributed by atoms with Crippen LogP contribution in [0.4, 0.5) is 17.1 Å². The average Bonchev–Trinajstić information content (AvgIpc) is 2.74. The number of anilines is 2. The van der Waals surface area contributed by atoms with Gasteiger partial charge in [-0.15, -0.1) is 0 Å². The lowest BCUT2D eigenvalue weighted by Crippen LogP contribution is -2.38. The molecule has 0 radical (unpaired) electrons. The number of nitro benzene ring substituents is 1. The molecule has 0 aliphatic heterocycles. The van der Waals surface area contributed by atoms with Crippen LogP contribution in [0.5, 0.6) is 0 Å². The Bertz CT molecular complexity index is 921. The molecular weight excluding hydrogens is 372 g/mol. The van der Waals surface area contributed by atoms with Gasteiger partial charge in [0.1, 0.15) is 5.69 Å². The fraction of sp³-hybridized carbons (Fsp3) is 0.333. The number of rotatable bonds is 5. The number of nitrogen functional groups attached to an aromatic ring is 1. The zero-order valence-electron chi connectivity index (χ0n) is 16.3. The van der Waals surface area contributed by atoms with Gasteiger partial charge in [0.15, 0.2) is 0 Å². The van der Waals surface area contributed by atoms with Crippen LogP contribution >= 0.6 is 0 Å². The first-order valence-electron chi connectivity index (χ1n) is 9.59. The van der Waals surface area contributed by atoms with E-state index in [0.717, 1.165) is 31.7 Å². The molecular formula is C21H24N4O4. The van der Waals surface area contributed by atoms with E-state index >= 15 is 0 Å². The van der Waals surface area contributed by atoms with Gasteiger partial charge in [0.05, 0.1) is 4.92 Å². The summed E-state index contributed by atoms with van der Waals surface area (Å²) in [6.07, 6.45) is 5.59. The predicted molar refractivity (Wildman–Crippen MR) is 111 cm³/mol. The highest BCUT2D eigenvalue weighted by molar-refractivity contribution is 6.05. The maximum absolute atomic E-state index is 12.7. The van der Waals surface area contributed by atoms with Crippen LogP contribution < -0.4 is 11.1 Å². The molecule has 2 aromatic carbocycles. The fourth-order valence-corrected chi connectivity index (χ4v) is 3.58. The predicted octanol–water partition coefficient (Wildman–Crippen LogP) is 3.83. The molecule has 152 valence electrons. The second-order valence-corrected chi connectivity index (χ2v) is 7.27. The molecule has 1 saturated carbocycles. The molecule has 29 heavy (non-hydrogen) atoms. The third-order valence-corrected chi connectivity index (χ3v) is 5.32. The quantitative estimate of drug-likeness (QED) is 0.452. The van der Waals surface area contributed by atoms with Gasteiger partial charge in [0, 0.05) is 36.0 Å². The van der Waals surface area contributed by atoms with Gasteiger partial charge in [0.2, 0.25) is 0 Å². The zero-order chi connectivity index (χ0) is 21.0. The number of nitrogens with zero attached hydrogens (tertiary/aromatic N) is 2. The van der Waals surface area contributed by atoms with Gasteiger partial charge < -0.3 is 16.0 Å². The van der Waals surface area contributed by atoms with E-state index in [2.05, 4.69) is 5.32 Å². The highest BCUT2D eigenvalue weighted by atomic mass is 16.6. The number of amides is 2. The van der Waals surface area contributed by atoms with E-state index in [9.17, 15) is 19.7 Å². The number of carbonyl (C=O) groups is 2. The first-order chi connectivity index (χ1) is 13.9. The summed E-state index contributed by atoms with van der Waals surface area (Å²) in [6, 6.07) is 10.8. The Morgan fingerprint density at radius 2 is 1.69 bits per heavy atom. The smallest absolute Gasteiger partial charge is 0.292 e. The van der Waals surface area contributed by atoms with Crippen molar-refractivity contribution >= 4 is 28.9 Å². The summed E-state index contributed by atoms with van der Waals surface area (Å²) in [7, 11) is 1.84. The Morgan fingerprint density at radius 3 is 2.31 bits per heavy atom. The molecule has 1 fully saturated rings. The van der Waals surface area contributed by atoms with Crippen LogP contribution in [0.2, 0.25) is 0 Å². The first-order valence-corrected chi connectivity index (χ1v) is 9.59. The van der Waals surface area contributed by atoms with E-state index in [1.54, 1.807) is 29.2 Å². The summed E-state index contributed by atoms with van der Waals surface area (Å²) >= 11 is 0. The molecule has 3 rings (SSSR count). The Balaban J connectivity index is 1.67. The maximum atomic E-state index is 12.7. The summed E-state index contributed by atoms with van der Waals surface area (Å²) in [5.41, 5.74) is 6.41. The van der Waals surface area contributed by atoms with Crippen molar-refractivity contribution in [3.8, 4) is 0 Å². The van der Waals surface area contributed by atoms with Gasteiger partial charge in [0.25, 0.3) is 17.5 Å². The molecule has 0 bridgehead atoms. The highest BCUT2D eigenvalue weighted by Crippen LogP contribution is 2.24. The first kappa shape index (κ1) is 20.3. The third-order valence-electron chi connectivity index (χ3n) is 5.32. The molecule has 0 atom stereocenters. The number of carbonyl (C=O) groups excluding carboxylic acids is 2. The molecule has 2 amide bonds. The summed E-state index contributed by atoms with van der Waals surface area (Å²) in [5.74, 6) is -0.532. The number of nitro groups is 1. The summed E-state index contributed by atoms with van der Waals surface area (Å²) in [5, 5.41) is 13.7. The van der Waals surface area contributed by atoms with E-state index in [1.807, 2.05) is 7.05 Å². The topological polar surface area (TPSA) is 119 Å². The van der Waals surface area contributed by atoms with Crippen LogP contribution in [0.15, 0.2) is 42.5 Å². The lowest BCUT2D eigenvalue weighted by atomic mass is 9.94. The minimum absolute atomic E-state index is 0.00324. The van der Waals surface area contributed by atoms with Crippen molar-refractivity contribution < 1.29 is 14.5 Å². The lowest BCUT2D eigenvalue weighted by molar-refractivity contribution is -0.383. The van der Waals surface area contributed by atoms with Crippen molar-refractivity contribution in [2.45, 2.75) is 38.1 Å². The van der Waals surface area contributed by atoms with Gasteiger partial charge in [-0.2, -0.15) is 0 Å². The van der Waals surface area contributed by atoms with Gasteiger partial charge in [-0.25, -0.2) is 0 Å². The van der Waals surface area contributed by atoms with Crippen LogP contribution in [0.3, 0.4) is 0 Å². The molecule has 1 aliphatic carbocycles. The van der Waals surface area contributed by atoms with E-state index in [0.29, 0.717) is 11.3 Å². The van der Waals surface area contributed by atoms with Crippen LogP contribution in [-0.4, -0.2) is 34.7 Å². The highest BCUT2D eigenvalue weighted by Gasteiger charge is 2.23. The van der Waals surface area contributed by atoms with Crippen molar-refractivity contribution in [2.75, 3.05) is 18.1 Å². The molecule has 0 spiro atoms. The number of hydrogen-bond donors (Lipinski definition) is 2. The number of nitrogens with one attached hydrogen (secondary N) is 1. The second kappa shape index (κ2) is 8.72. The molecule has 8 nitrogen and oxygen atoms in total. The van der Waals surface area contributed by atoms with Crippen LogP contribution in [0.25, 0.3) is 0 Å². The number of benzene rings is 2. The standard InChI is InChI=1S/C21H24N4O4/c1-24(17-5-3-2-4-6-17)21(27)14-7-10-16(11-8-14)23-20(26)15-9-12-18(22)19(13-15)25(28)29/h7-13,17H,2-6,22H2,1H3,(H,23,26). The minimum atomic E-state index is -0.630. The molecule has 0 aromatic heterocycles. The van der Waals surface area contributed by atoms with E-state index < -0.39 is 10.8 Å². The number of nitrogens with two attached hydrogens (primary N) is 1. The van der Waals surface area contributed by atoms with Crippen molar-refractivity contribution in [2.24, 2.45) is 0 Å². The van der Waals surface area contributed by atoms with Gasteiger partial charge in [-0.1, -0.05) is 19.3 Å². The van der Waals surface area contributed by atoms with E-state index in [4.69, 9.17) is 5.73 Å². The lowest BCUT2D eigenvalue weighted by Gasteiger charge is -2.31. The summed E-state index contributed by atoms with van der Waals surface area (Å²) in [6.45, 7) is 0. The van der Waals surface area contributed by atoms with Crippen molar-refractivity contribution in [1.29, 1.82) is 0 Å². The third kappa shape index (κ3) is 4.71. The van der Waals surface area contributed by atoms with Crippen LogP contribution in [-0.2, 0) is 0 Å². The van der Waals surface area contributed by atoms with Gasteiger partial charge in [-0.3, -0.25) is 19.7 Å². The molecule has 1 aliphatic rings. The Morgan fingerprint density at radius 1 is 1.07 bits per heavy atom. The van der Waals surface area contributed by atoms with E-state index in [-0.39, 0.29) is 28.9 Å². The zero-order valence-corrected chi connectivity index (χ0v) is 16.3. The van der Waals surface area contributed by atoms with Crippen molar-refractivity contribution in [3.05, 3.63) is 63.7 Å². The average molecular weight is 396 g/mol.